The first-order valence-corrected chi connectivity index (χ1v) is 7.87. The van der Waals surface area contributed by atoms with Crippen LogP contribution in [0.4, 0.5) is 22.0 Å². The van der Waals surface area contributed by atoms with Gasteiger partial charge >= 0.3 is 6.03 Å². The molecule has 3 aromatic rings. The van der Waals surface area contributed by atoms with Crippen molar-refractivity contribution in [2.75, 3.05) is 16.9 Å². The van der Waals surface area contributed by atoms with Crippen LogP contribution in [0.2, 0.25) is 0 Å². The second-order valence-electron chi connectivity index (χ2n) is 5.61. The summed E-state index contributed by atoms with van der Waals surface area (Å²) in [6.07, 6.45) is 3.21. The summed E-state index contributed by atoms with van der Waals surface area (Å²) in [7, 11) is 1.62. The summed E-state index contributed by atoms with van der Waals surface area (Å²) >= 11 is 0. The SMILES string of the molecule is COc1ccc(N2Cc3cncnc3N(c3ccccc3)C2=O)cc1. The lowest BCUT2D eigenvalue weighted by molar-refractivity contribution is 0.252. The Labute approximate surface area is 145 Å². The number of benzene rings is 2. The first kappa shape index (κ1) is 15.1. The fourth-order valence-electron chi connectivity index (χ4n) is 2.89. The van der Waals surface area contributed by atoms with Gasteiger partial charge in [0.15, 0.2) is 0 Å². The van der Waals surface area contributed by atoms with Crippen molar-refractivity contribution in [3.05, 3.63) is 72.7 Å². The number of fused-ring (bicyclic) bond motifs is 1. The van der Waals surface area contributed by atoms with Gasteiger partial charge in [-0.3, -0.25) is 4.90 Å². The monoisotopic (exact) mass is 332 g/mol. The molecule has 0 radical (unpaired) electrons. The first-order chi connectivity index (χ1) is 12.3. The highest BCUT2D eigenvalue weighted by atomic mass is 16.5. The van der Waals surface area contributed by atoms with Crippen molar-refractivity contribution in [1.82, 2.24) is 9.97 Å². The van der Waals surface area contributed by atoms with Crippen LogP contribution in [0, 0.1) is 0 Å². The Kier molecular flexibility index (Phi) is 3.78. The normalized spacial score (nSPS) is 13.6. The van der Waals surface area contributed by atoms with E-state index in [-0.39, 0.29) is 6.03 Å². The quantitative estimate of drug-likeness (QED) is 0.733. The molecule has 1 aliphatic heterocycles. The summed E-state index contributed by atoms with van der Waals surface area (Å²) in [6.45, 7) is 0.421. The molecule has 0 unspecified atom stereocenters. The van der Waals surface area contributed by atoms with Crippen molar-refractivity contribution in [3.8, 4) is 5.75 Å². The van der Waals surface area contributed by atoms with Crippen molar-refractivity contribution in [2.24, 2.45) is 0 Å². The van der Waals surface area contributed by atoms with Crippen LogP contribution in [0.3, 0.4) is 0 Å². The van der Waals surface area contributed by atoms with Gasteiger partial charge in [0.05, 0.1) is 19.3 Å². The highest BCUT2D eigenvalue weighted by Gasteiger charge is 2.33. The summed E-state index contributed by atoms with van der Waals surface area (Å²) < 4.78 is 5.20. The predicted octanol–water partition coefficient (Wildman–Crippen LogP) is 3.76. The third-order valence-corrected chi connectivity index (χ3v) is 4.13. The average molecular weight is 332 g/mol. The Morgan fingerprint density at radius 3 is 2.48 bits per heavy atom. The summed E-state index contributed by atoms with van der Waals surface area (Å²) in [5, 5.41) is 0. The lowest BCUT2D eigenvalue weighted by Crippen LogP contribution is -2.45. The van der Waals surface area contributed by atoms with E-state index in [2.05, 4.69) is 9.97 Å². The molecule has 0 spiro atoms. The van der Waals surface area contributed by atoms with Gasteiger partial charge in [-0.15, -0.1) is 0 Å². The summed E-state index contributed by atoms with van der Waals surface area (Å²) in [6, 6.07) is 16.8. The molecule has 0 aliphatic carbocycles. The molecule has 4 rings (SSSR count). The minimum atomic E-state index is -0.150. The predicted molar refractivity (Wildman–Crippen MR) is 95.2 cm³/mol. The lowest BCUT2D eigenvalue weighted by Gasteiger charge is -2.35. The maximum atomic E-state index is 13.2. The van der Waals surface area contributed by atoms with Gasteiger partial charge in [0.25, 0.3) is 0 Å². The van der Waals surface area contributed by atoms with E-state index in [0.717, 1.165) is 22.7 Å². The van der Waals surface area contributed by atoms with Gasteiger partial charge in [-0.2, -0.15) is 0 Å². The number of methoxy groups -OCH3 is 1. The third kappa shape index (κ3) is 2.67. The minimum Gasteiger partial charge on any atom is -0.497 e. The molecule has 1 aliphatic rings. The van der Waals surface area contributed by atoms with Crippen LogP contribution in [-0.2, 0) is 6.54 Å². The number of rotatable bonds is 3. The van der Waals surface area contributed by atoms with Crippen molar-refractivity contribution < 1.29 is 9.53 Å². The smallest absolute Gasteiger partial charge is 0.335 e. The number of ether oxygens (including phenoxy) is 1. The topological polar surface area (TPSA) is 58.6 Å². The average Bonchev–Trinajstić information content (AvgIpc) is 2.68. The molecule has 124 valence electrons. The lowest BCUT2D eigenvalue weighted by atomic mass is 10.1. The Bertz CT molecular complexity index is 897. The Morgan fingerprint density at radius 2 is 1.76 bits per heavy atom. The Hall–Kier alpha value is -3.41. The van der Waals surface area contributed by atoms with Crippen molar-refractivity contribution in [3.63, 3.8) is 0 Å². The van der Waals surface area contributed by atoms with Crippen LogP contribution in [0.1, 0.15) is 5.56 Å². The molecule has 0 saturated carbocycles. The number of amides is 2. The van der Waals surface area contributed by atoms with Gasteiger partial charge in [-0.1, -0.05) is 18.2 Å². The molecule has 25 heavy (non-hydrogen) atoms. The molecule has 2 amide bonds. The van der Waals surface area contributed by atoms with Crippen LogP contribution in [0.15, 0.2) is 67.1 Å². The fraction of sp³-hybridized carbons (Fsp3) is 0.105. The molecule has 0 N–H and O–H groups in total. The molecule has 2 aromatic carbocycles. The molecular weight excluding hydrogens is 316 g/mol. The number of carbonyl (C=O) groups excluding carboxylic acids is 1. The number of carbonyl (C=O) groups is 1. The highest BCUT2D eigenvalue weighted by molar-refractivity contribution is 6.10. The van der Waals surface area contributed by atoms with E-state index in [1.807, 2.05) is 54.6 Å². The second kappa shape index (κ2) is 6.24. The van der Waals surface area contributed by atoms with E-state index in [0.29, 0.717) is 12.4 Å². The van der Waals surface area contributed by atoms with Gasteiger partial charge in [0.1, 0.15) is 17.9 Å². The van der Waals surface area contributed by atoms with E-state index in [4.69, 9.17) is 4.74 Å². The third-order valence-electron chi connectivity index (χ3n) is 4.13. The second-order valence-corrected chi connectivity index (χ2v) is 5.61. The van der Waals surface area contributed by atoms with Gasteiger partial charge in [-0.05, 0) is 36.4 Å². The van der Waals surface area contributed by atoms with E-state index >= 15 is 0 Å². The van der Waals surface area contributed by atoms with E-state index in [1.54, 1.807) is 23.1 Å². The molecule has 6 heteroatoms. The van der Waals surface area contributed by atoms with Crippen molar-refractivity contribution in [1.29, 1.82) is 0 Å². The molecule has 0 fully saturated rings. The maximum Gasteiger partial charge on any atom is 0.335 e. The van der Waals surface area contributed by atoms with Gasteiger partial charge in [0, 0.05) is 17.4 Å². The van der Waals surface area contributed by atoms with Crippen LogP contribution in [0.5, 0.6) is 5.75 Å². The van der Waals surface area contributed by atoms with Gasteiger partial charge in [-0.25, -0.2) is 19.7 Å². The zero-order valence-electron chi connectivity index (χ0n) is 13.7. The molecule has 0 atom stereocenters. The van der Waals surface area contributed by atoms with Gasteiger partial charge in [0.2, 0.25) is 0 Å². The first-order valence-electron chi connectivity index (χ1n) is 7.87. The Morgan fingerprint density at radius 1 is 1.00 bits per heavy atom. The Balaban J connectivity index is 1.80. The van der Waals surface area contributed by atoms with E-state index in [1.165, 1.54) is 6.33 Å². The number of hydrogen-bond acceptors (Lipinski definition) is 4. The zero-order chi connectivity index (χ0) is 17.2. The summed E-state index contributed by atoms with van der Waals surface area (Å²) in [5.74, 6) is 1.37. The van der Waals surface area contributed by atoms with Crippen LogP contribution < -0.4 is 14.5 Å². The van der Waals surface area contributed by atoms with Crippen molar-refractivity contribution >= 4 is 23.2 Å². The zero-order valence-corrected chi connectivity index (χ0v) is 13.7. The maximum absolute atomic E-state index is 13.2. The minimum absolute atomic E-state index is 0.150. The summed E-state index contributed by atoms with van der Waals surface area (Å²) in [4.78, 5) is 25.0. The number of hydrogen-bond donors (Lipinski definition) is 0. The fourth-order valence-corrected chi connectivity index (χ4v) is 2.89. The molecule has 0 bridgehead atoms. The molecule has 0 saturated heterocycles. The van der Waals surface area contributed by atoms with E-state index < -0.39 is 0 Å². The van der Waals surface area contributed by atoms with Crippen LogP contribution in [-0.4, -0.2) is 23.1 Å². The molecule has 6 nitrogen and oxygen atoms in total. The van der Waals surface area contributed by atoms with Crippen LogP contribution in [0.25, 0.3) is 0 Å². The molecule has 1 aromatic heterocycles. The number of nitrogens with zero attached hydrogens (tertiary/aromatic N) is 4. The number of urea groups is 1. The van der Waals surface area contributed by atoms with Crippen molar-refractivity contribution in [2.45, 2.75) is 6.54 Å². The van der Waals surface area contributed by atoms with Crippen LogP contribution >= 0.6 is 0 Å². The molecule has 2 heterocycles. The standard InChI is InChI=1S/C19H16N4O2/c1-25-17-9-7-15(8-10-17)22-12-14-11-20-13-21-18(14)23(19(22)24)16-5-3-2-4-6-16/h2-11,13H,12H2,1H3. The number of aromatic nitrogens is 2. The van der Waals surface area contributed by atoms with Gasteiger partial charge < -0.3 is 4.74 Å². The van der Waals surface area contributed by atoms with E-state index in [9.17, 15) is 4.79 Å². The largest absolute Gasteiger partial charge is 0.497 e. The molecular formula is C19H16N4O2. The highest BCUT2D eigenvalue weighted by Crippen LogP contribution is 2.35. The number of para-hydroxylation sites is 1. The summed E-state index contributed by atoms with van der Waals surface area (Å²) in [5.41, 5.74) is 2.45. The number of anilines is 3.